The highest BCUT2D eigenvalue weighted by Gasteiger charge is 2.25. The van der Waals surface area contributed by atoms with E-state index >= 15 is 0 Å². The van der Waals surface area contributed by atoms with Gasteiger partial charge in [-0.2, -0.15) is 5.10 Å². The smallest absolute Gasteiger partial charge is 0.324 e. The lowest BCUT2D eigenvalue weighted by Crippen LogP contribution is -2.28. The summed E-state index contributed by atoms with van der Waals surface area (Å²) < 4.78 is 7.19. The van der Waals surface area contributed by atoms with Crippen molar-refractivity contribution in [3.05, 3.63) is 90.5 Å². The molecule has 0 spiro atoms. The SMILES string of the molecule is Cc1ccc(-n2ncc(C(C)(C)C)c2NC(=O)Nc2ccc(-c3ccc(NC4CCOCC4)nc3)c3ccccc23)cn1. The summed E-state index contributed by atoms with van der Waals surface area (Å²) >= 11 is 0. The number of hydrogen-bond donors (Lipinski definition) is 3. The van der Waals surface area contributed by atoms with Crippen molar-refractivity contribution < 1.29 is 9.53 Å². The van der Waals surface area contributed by atoms with Gasteiger partial charge in [0, 0.05) is 47.7 Å². The molecule has 1 saturated heterocycles. The first-order valence-electron chi connectivity index (χ1n) is 14.7. The normalized spacial score (nSPS) is 14.0. The summed E-state index contributed by atoms with van der Waals surface area (Å²) in [5, 5.41) is 16.2. The maximum absolute atomic E-state index is 13.5. The first kappa shape index (κ1) is 28.4. The summed E-state index contributed by atoms with van der Waals surface area (Å²) in [5.74, 6) is 1.47. The Labute approximate surface area is 251 Å². The van der Waals surface area contributed by atoms with Crippen LogP contribution in [0.25, 0.3) is 27.6 Å². The highest BCUT2D eigenvalue weighted by atomic mass is 16.5. The molecule has 0 aliphatic carbocycles. The number of ether oxygens (including phenoxy) is 1. The highest BCUT2D eigenvalue weighted by Crippen LogP contribution is 2.35. The Morgan fingerprint density at radius 3 is 2.37 bits per heavy atom. The van der Waals surface area contributed by atoms with Crippen molar-refractivity contribution in [2.75, 3.05) is 29.2 Å². The fourth-order valence-electron chi connectivity index (χ4n) is 5.41. The van der Waals surface area contributed by atoms with Crippen molar-refractivity contribution in [2.24, 2.45) is 0 Å². The summed E-state index contributed by atoms with van der Waals surface area (Å²) in [7, 11) is 0. The molecule has 2 amide bonds. The number of pyridine rings is 2. The number of nitrogens with zero attached hydrogens (tertiary/aromatic N) is 4. The van der Waals surface area contributed by atoms with Crippen molar-refractivity contribution in [1.29, 1.82) is 0 Å². The number of carbonyl (C=O) groups is 1. The molecule has 43 heavy (non-hydrogen) atoms. The van der Waals surface area contributed by atoms with Crippen molar-refractivity contribution >= 4 is 34.1 Å². The number of aromatic nitrogens is 4. The van der Waals surface area contributed by atoms with Crippen LogP contribution in [-0.2, 0) is 10.2 Å². The Balaban J connectivity index is 1.25. The van der Waals surface area contributed by atoms with E-state index in [9.17, 15) is 4.79 Å². The Morgan fingerprint density at radius 1 is 0.884 bits per heavy atom. The van der Waals surface area contributed by atoms with Crippen molar-refractivity contribution in [3.8, 4) is 16.8 Å². The van der Waals surface area contributed by atoms with E-state index in [0.717, 1.165) is 70.7 Å². The monoisotopic (exact) mass is 575 g/mol. The van der Waals surface area contributed by atoms with Crippen LogP contribution in [0, 0.1) is 6.92 Å². The Bertz CT molecular complexity index is 1730. The van der Waals surface area contributed by atoms with E-state index in [1.165, 1.54) is 0 Å². The Morgan fingerprint density at radius 2 is 1.67 bits per heavy atom. The molecule has 1 aliphatic heterocycles. The molecule has 9 nitrogen and oxygen atoms in total. The van der Waals surface area contributed by atoms with Gasteiger partial charge in [0.05, 0.1) is 23.8 Å². The molecule has 0 radical (unpaired) electrons. The lowest BCUT2D eigenvalue weighted by molar-refractivity contribution is 0.0904. The summed E-state index contributed by atoms with van der Waals surface area (Å²) in [6, 6.07) is 20.1. The van der Waals surface area contributed by atoms with Crippen molar-refractivity contribution in [1.82, 2.24) is 19.7 Å². The second-order valence-electron chi connectivity index (χ2n) is 12.0. The number of rotatable bonds is 6. The van der Waals surface area contributed by atoms with E-state index in [1.807, 2.05) is 61.7 Å². The van der Waals surface area contributed by atoms with Gasteiger partial charge in [-0.15, -0.1) is 0 Å². The highest BCUT2D eigenvalue weighted by molar-refractivity contribution is 6.09. The van der Waals surface area contributed by atoms with Crippen LogP contribution < -0.4 is 16.0 Å². The molecule has 2 aromatic carbocycles. The van der Waals surface area contributed by atoms with Crippen LogP contribution in [0.5, 0.6) is 0 Å². The van der Waals surface area contributed by atoms with Crippen LogP contribution in [-0.4, -0.2) is 45.0 Å². The molecule has 0 atom stereocenters. The van der Waals surface area contributed by atoms with Gasteiger partial charge in [0.25, 0.3) is 0 Å². The first-order chi connectivity index (χ1) is 20.8. The second-order valence-corrected chi connectivity index (χ2v) is 12.0. The third-order valence-electron chi connectivity index (χ3n) is 7.77. The standard InChI is InChI=1S/C34H37N7O2/c1-22-9-11-25(20-35-22)41-32(29(21-37-41)34(2,3)4)40-33(42)39-30-13-12-26(27-7-5-6-8-28(27)30)23-10-14-31(36-19-23)38-24-15-17-43-18-16-24/h5-14,19-21,24H,15-18H2,1-4H3,(H,36,38)(H2,39,40,42). The molecule has 1 fully saturated rings. The topological polar surface area (TPSA) is 106 Å². The predicted molar refractivity (Wildman–Crippen MR) is 172 cm³/mol. The van der Waals surface area contributed by atoms with Crippen LogP contribution >= 0.6 is 0 Å². The predicted octanol–water partition coefficient (Wildman–Crippen LogP) is 7.32. The average molecular weight is 576 g/mol. The summed E-state index contributed by atoms with van der Waals surface area (Å²) in [4.78, 5) is 22.6. The molecular formula is C34H37N7O2. The van der Waals surface area contributed by atoms with E-state index in [0.29, 0.717) is 17.5 Å². The molecule has 0 unspecified atom stereocenters. The number of amides is 2. The van der Waals surface area contributed by atoms with Gasteiger partial charge in [0.15, 0.2) is 0 Å². The summed E-state index contributed by atoms with van der Waals surface area (Å²) in [5.41, 5.74) is 5.13. The van der Waals surface area contributed by atoms with E-state index < -0.39 is 0 Å². The molecule has 220 valence electrons. The number of anilines is 3. The van der Waals surface area contributed by atoms with Gasteiger partial charge in [-0.05, 0) is 66.5 Å². The molecule has 1 aliphatic rings. The lowest BCUT2D eigenvalue weighted by atomic mass is 9.89. The van der Waals surface area contributed by atoms with Crippen molar-refractivity contribution in [3.63, 3.8) is 0 Å². The molecule has 6 rings (SSSR count). The minimum atomic E-state index is -0.351. The Kier molecular flexibility index (Phi) is 7.82. The zero-order valence-electron chi connectivity index (χ0n) is 25.0. The third-order valence-corrected chi connectivity index (χ3v) is 7.77. The van der Waals surface area contributed by atoms with Crippen LogP contribution in [0.2, 0.25) is 0 Å². The quantitative estimate of drug-likeness (QED) is 0.196. The molecule has 0 bridgehead atoms. The number of benzene rings is 2. The van der Waals surface area contributed by atoms with Crippen LogP contribution in [0.4, 0.5) is 22.1 Å². The maximum atomic E-state index is 13.5. The zero-order chi connectivity index (χ0) is 30.0. The van der Waals surface area contributed by atoms with Crippen LogP contribution in [0.1, 0.15) is 44.9 Å². The number of carbonyl (C=O) groups excluding carboxylic acids is 1. The summed E-state index contributed by atoms with van der Waals surface area (Å²) in [6.45, 7) is 9.79. The zero-order valence-corrected chi connectivity index (χ0v) is 25.0. The van der Waals surface area contributed by atoms with Crippen molar-refractivity contribution in [2.45, 2.75) is 52.0 Å². The lowest BCUT2D eigenvalue weighted by Gasteiger charge is -2.23. The largest absolute Gasteiger partial charge is 0.381 e. The summed E-state index contributed by atoms with van der Waals surface area (Å²) in [6.07, 6.45) is 7.43. The van der Waals surface area contributed by atoms with Gasteiger partial charge >= 0.3 is 6.03 Å². The third kappa shape index (κ3) is 6.22. The van der Waals surface area contributed by atoms with Gasteiger partial charge in [-0.25, -0.2) is 14.5 Å². The molecule has 9 heteroatoms. The van der Waals surface area contributed by atoms with Gasteiger partial charge in [0.2, 0.25) is 0 Å². The number of nitrogens with one attached hydrogen (secondary N) is 3. The fraction of sp³-hybridized carbons (Fsp3) is 0.294. The van der Waals surface area contributed by atoms with Gasteiger partial charge in [-0.1, -0.05) is 51.1 Å². The van der Waals surface area contributed by atoms with E-state index in [1.54, 1.807) is 17.1 Å². The minimum Gasteiger partial charge on any atom is -0.381 e. The minimum absolute atomic E-state index is 0.239. The fourth-order valence-corrected chi connectivity index (χ4v) is 5.41. The Hall–Kier alpha value is -4.76. The number of urea groups is 1. The van der Waals surface area contributed by atoms with E-state index in [-0.39, 0.29) is 11.4 Å². The second kappa shape index (κ2) is 11.9. The number of hydrogen-bond acceptors (Lipinski definition) is 6. The maximum Gasteiger partial charge on any atom is 0.324 e. The van der Waals surface area contributed by atoms with E-state index in [4.69, 9.17) is 9.72 Å². The molecule has 3 aromatic heterocycles. The molecule has 4 heterocycles. The molecule has 0 saturated carbocycles. The van der Waals surface area contributed by atoms with Gasteiger partial charge in [0.1, 0.15) is 11.6 Å². The van der Waals surface area contributed by atoms with Gasteiger partial charge < -0.3 is 15.4 Å². The number of fused-ring (bicyclic) bond motifs is 1. The van der Waals surface area contributed by atoms with E-state index in [2.05, 4.69) is 58.9 Å². The molecular weight excluding hydrogens is 538 g/mol. The molecule has 5 aromatic rings. The number of aryl methyl sites for hydroxylation is 1. The van der Waals surface area contributed by atoms with Gasteiger partial charge in [-0.3, -0.25) is 10.3 Å². The first-order valence-corrected chi connectivity index (χ1v) is 14.7. The van der Waals surface area contributed by atoms with Crippen LogP contribution in [0.3, 0.4) is 0 Å². The molecule has 3 N–H and O–H groups in total. The average Bonchev–Trinajstić information content (AvgIpc) is 3.43. The van der Waals surface area contributed by atoms with Crippen LogP contribution in [0.15, 0.2) is 79.3 Å².